The molecule has 8 nitrogen and oxygen atoms in total. The summed E-state index contributed by atoms with van der Waals surface area (Å²) in [5.41, 5.74) is 3.19. The number of amides is 3. The second-order valence-corrected chi connectivity index (χ2v) is 10.5. The third kappa shape index (κ3) is 8.31. The first-order chi connectivity index (χ1) is 18.3. The normalized spacial score (nSPS) is 17.4. The number of hydrogen-bond donors (Lipinski definition) is 3. The minimum absolute atomic E-state index is 0.0937. The first kappa shape index (κ1) is 29.2. The fourth-order valence-corrected chi connectivity index (χ4v) is 5.12. The van der Waals surface area contributed by atoms with E-state index in [4.69, 9.17) is 10.6 Å². The summed E-state index contributed by atoms with van der Waals surface area (Å²) in [4.78, 5) is 41.4. The van der Waals surface area contributed by atoms with Gasteiger partial charge < -0.3 is 15.0 Å². The molecule has 0 spiro atoms. The molecule has 0 aromatic heterocycles. The first-order valence-corrected chi connectivity index (χ1v) is 13.7. The van der Waals surface area contributed by atoms with Gasteiger partial charge in [-0.3, -0.25) is 19.8 Å². The molecule has 0 aliphatic carbocycles. The van der Waals surface area contributed by atoms with Crippen molar-refractivity contribution in [2.45, 2.75) is 71.9 Å². The molecule has 1 aliphatic rings. The molecule has 2 unspecified atom stereocenters. The molecule has 0 saturated carbocycles. The van der Waals surface area contributed by atoms with Crippen LogP contribution in [0.1, 0.15) is 64.9 Å². The van der Waals surface area contributed by atoms with E-state index >= 15 is 0 Å². The van der Waals surface area contributed by atoms with Gasteiger partial charge in [-0.25, -0.2) is 5.84 Å². The Morgan fingerprint density at radius 2 is 1.76 bits per heavy atom. The van der Waals surface area contributed by atoms with Crippen LogP contribution in [0.3, 0.4) is 0 Å². The number of nitrogens with one attached hydrogen (secondary N) is 2. The zero-order valence-electron chi connectivity index (χ0n) is 22.8. The van der Waals surface area contributed by atoms with Crippen molar-refractivity contribution in [2.75, 3.05) is 6.54 Å². The third-order valence-corrected chi connectivity index (χ3v) is 6.97. The number of likely N-dealkylation sites (tertiary alicyclic amines) is 1. The Kier molecular flexibility index (Phi) is 11.1. The van der Waals surface area contributed by atoms with Gasteiger partial charge in [-0.2, -0.15) is 0 Å². The van der Waals surface area contributed by atoms with Gasteiger partial charge in [0.15, 0.2) is 0 Å². The lowest BCUT2D eigenvalue weighted by atomic mass is 9.81. The van der Waals surface area contributed by atoms with Crippen molar-refractivity contribution in [3.05, 3.63) is 60.2 Å². The number of nitrogens with zero attached hydrogens (tertiary/aromatic N) is 1. The van der Waals surface area contributed by atoms with Gasteiger partial charge in [0.1, 0.15) is 17.5 Å². The Labute approximate surface area is 226 Å². The topological polar surface area (TPSA) is 114 Å². The summed E-state index contributed by atoms with van der Waals surface area (Å²) in [6.45, 7) is 7.09. The van der Waals surface area contributed by atoms with Crippen LogP contribution in [0.5, 0.6) is 11.5 Å². The van der Waals surface area contributed by atoms with Gasteiger partial charge in [-0.1, -0.05) is 57.5 Å². The number of rotatable bonds is 12. The van der Waals surface area contributed by atoms with Crippen LogP contribution >= 0.6 is 0 Å². The lowest BCUT2D eigenvalue weighted by Crippen LogP contribution is -2.51. The molecule has 4 N–H and O–H groups in total. The van der Waals surface area contributed by atoms with E-state index in [0.29, 0.717) is 38.1 Å². The van der Waals surface area contributed by atoms with Crippen molar-refractivity contribution in [2.24, 2.45) is 23.6 Å². The van der Waals surface area contributed by atoms with E-state index in [1.165, 1.54) is 0 Å². The Bertz CT molecular complexity index is 1060. The summed E-state index contributed by atoms with van der Waals surface area (Å²) >= 11 is 0. The Hall–Kier alpha value is -3.39. The Morgan fingerprint density at radius 3 is 2.45 bits per heavy atom. The minimum Gasteiger partial charge on any atom is -0.457 e. The van der Waals surface area contributed by atoms with E-state index in [9.17, 15) is 14.4 Å². The second-order valence-electron chi connectivity index (χ2n) is 10.5. The highest BCUT2D eigenvalue weighted by molar-refractivity contribution is 5.91. The van der Waals surface area contributed by atoms with E-state index in [0.717, 1.165) is 30.6 Å². The van der Waals surface area contributed by atoms with E-state index in [1.807, 2.05) is 80.3 Å². The van der Waals surface area contributed by atoms with Crippen molar-refractivity contribution >= 4 is 17.7 Å². The van der Waals surface area contributed by atoms with Crippen LogP contribution in [0.4, 0.5) is 0 Å². The van der Waals surface area contributed by atoms with Crippen molar-refractivity contribution in [1.82, 2.24) is 15.6 Å². The van der Waals surface area contributed by atoms with Gasteiger partial charge in [-0.05, 0) is 67.9 Å². The zero-order valence-corrected chi connectivity index (χ0v) is 22.8. The molecule has 2 aromatic rings. The average Bonchev–Trinajstić information content (AvgIpc) is 3.07. The predicted molar refractivity (Wildman–Crippen MR) is 148 cm³/mol. The maximum absolute atomic E-state index is 13.6. The highest BCUT2D eigenvalue weighted by atomic mass is 16.5. The van der Waals surface area contributed by atoms with Crippen LogP contribution in [0, 0.1) is 17.8 Å². The Morgan fingerprint density at radius 1 is 1.03 bits per heavy atom. The monoisotopic (exact) mass is 522 g/mol. The molecule has 1 heterocycles. The summed E-state index contributed by atoms with van der Waals surface area (Å²) in [7, 11) is 0. The fourth-order valence-electron chi connectivity index (χ4n) is 5.12. The number of carbonyl (C=O) groups excluding carboxylic acids is 3. The maximum Gasteiger partial charge on any atom is 0.245 e. The predicted octanol–water partition coefficient (Wildman–Crippen LogP) is 4.54. The molecule has 1 aliphatic heterocycles. The van der Waals surface area contributed by atoms with Gasteiger partial charge in [0.25, 0.3) is 0 Å². The number of carbonyl (C=O) groups is 3. The molecule has 8 heteroatoms. The SMILES string of the molecule is CCC[C@H](C(=O)NN)C(CC(C)C)C(=O)NC1CCCCN(Cc2cccc(Oc3ccccc3)c2)C1=O. The number of hydrogen-bond acceptors (Lipinski definition) is 5. The standard InChI is InChI=1S/C30H42N4O4/c1-4-11-25(29(36)33-31)26(18-21(2)3)28(35)32-27-16-8-9-17-34(30(27)37)20-22-12-10-15-24(19-22)38-23-13-6-5-7-14-23/h5-7,10,12-15,19,21,25-27H,4,8-9,11,16-18,20,31H2,1-3H3,(H,32,35)(H,33,36)/t25-,26?,27?/m0/s1. The number of hydrazine groups is 1. The summed E-state index contributed by atoms with van der Waals surface area (Å²) in [5, 5.41) is 3.02. The molecule has 3 amide bonds. The number of para-hydroxylation sites is 1. The number of nitrogens with two attached hydrogens (primary N) is 1. The highest BCUT2D eigenvalue weighted by Gasteiger charge is 2.36. The van der Waals surface area contributed by atoms with Crippen LogP contribution in [0.15, 0.2) is 54.6 Å². The Balaban J connectivity index is 1.72. The molecule has 38 heavy (non-hydrogen) atoms. The molecule has 3 rings (SSSR count). The maximum atomic E-state index is 13.6. The molecular formula is C30H42N4O4. The third-order valence-electron chi connectivity index (χ3n) is 6.97. The molecular weight excluding hydrogens is 480 g/mol. The smallest absolute Gasteiger partial charge is 0.245 e. The van der Waals surface area contributed by atoms with Gasteiger partial charge >= 0.3 is 0 Å². The van der Waals surface area contributed by atoms with Crippen molar-refractivity contribution in [3.63, 3.8) is 0 Å². The molecule has 0 bridgehead atoms. The summed E-state index contributed by atoms with van der Waals surface area (Å²) < 4.78 is 5.96. The molecule has 1 saturated heterocycles. The van der Waals surface area contributed by atoms with E-state index in [-0.39, 0.29) is 23.6 Å². The zero-order chi connectivity index (χ0) is 27.5. The van der Waals surface area contributed by atoms with Crippen LogP contribution in [-0.4, -0.2) is 35.2 Å². The molecule has 1 fully saturated rings. The molecule has 0 radical (unpaired) electrons. The van der Waals surface area contributed by atoms with Crippen LogP contribution in [0.2, 0.25) is 0 Å². The average molecular weight is 523 g/mol. The van der Waals surface area contributed by atoms with E-state index < -0.39 is 17.9 Å². The lowest BCUT2D eigenvalue weighted by molar-refractivity contribution is -0.140. The van der Waals surface area contributed by atoms with E-state index in [1.54, 1.807) is 0 Å². The summed E-state index contributed by atoms with van der Waals surface area (Å²) in [5.74, 6) is 5.35. The van der Waals surface area contributed by atoms with Crippen LogP contribution < -0.4 is 21.3 Å². The van der Waals surface area contributed by atoms with Crippen molar-refractivity contribution in [1.29, 1.82) is 0 Å². The molecule has 2 aromatic carbocycles. The highest BCUT2D eigenvalue weighted by Crippen LogP contribution is 2.27. The number of benzene rings is 2. The molecule has 206 valence electrons. The largest absolute Gasteiger partial charge is 0.457 e. The van der Waals surface area contributed by atoms with Crippen LogP contribution in [-0.2, 0) is 20.9 Å². The van der Waals surface area contributed by atoms with E-state index in [2.05, 4.69) is 10.7 Å². The lowest BCUT2D eigenvalue weighted by Gasteiger charge is -2.29. The first-order valence-electron chi connectivity index (χ1n) is 13.7. The quantitative estimate of drug-likeness (QED) is 0.215. The second kappa shape index (κ2) is 14.5. The minimum atomic E-state index is -0.619. The van der Waals surface area contributed by atoms with Crippen molar-refractivity contribution in [3.8, 4) is 11.5 Å². The fraction of sp³-hybridized carbons (Fsp3) is 0.500. The number of ether oxygens (including phenoxy) is 1. The van der Waals surface area contributed by atoms with Crippen molar-refractivity contribution < 1.29 is 19.1 Å². The molecule has 3 atom stereocenters. The van der Waals surface area contributed by atoms with Crippen LogP contribution in [0.25, 0.3) is 0 Å². The summed E-state index contributed by atoms with van der Waals surface area (Å²) in [6.07, 6.45) is 4.13. The van der Waals surface area contributed by atoms with Gasteiger partial charge in [0.2, 0.25) is 17.7 Å². The summed E-state index contributed by atoms with van der Waals surface area (Å²) in [6, 6.07) is 16.7. The van der Waals surface area contributed by atoms with Gasteiger partial charge in [0, 0.05) is 19.0 Å². The van der Waals surface area contributed by atoms with Gasteiger partial charge in [-0.15, -0.1) is 0 Å². The van der Waals surface area contributed by atoms with Gasteiger partial charge in [0.05, 0.1) is 5.92 Å².